The van der Waals surface area contributed by atoms with E-state index in [9.17, 15) is 12.8 Å². The highest BCUT2D eigenvalue weighted by Crippen LogP contribution is 2.29. The third-order valence-electron chi connectivity index (χ3n) is 2.65. The molecule has 0 spiro atoms. The molecule has 5 heteroatoms. The number of rotatable bonds is 3. The maximum Gasteiger partial charge on any atom is 0.230 e. The molecule has 0 aliphatic carbocycles. The molecule has 2 rings (SSSR count). The maximum atomic E-state index is 14.2. The Morgan fingerprint density at radius 1 is 1.00 bits per heavy atom. The first-order valence-corrected chi connectivity index (χ1v) is 7.03. The average Bonchev–Trinajstić information content (AvgIpc) is 2.47. The SMILES string of the molecule is N#Cc1ccc(C(F)S(=O)(=O)c2ccccc2)cc1. The van der Waals surface area contributed by atoms with Gasteiger partial charge < -0.3 is 0 Å². The zero-order valence-corrected chi connectivity index (χ0v) is 10.6. The number of halogens is 1. The molecule has 3 nitrogen and oxygen atoms in total. The summed E-state index contributed by atoms with van der Waals surface area (Å²) >= 11 is 0. The Kier molecular flexibility index (Phi) is 3.63. The minimum absolute atomic E-state index is 0.0165. The molecule has 0 aliphatic heterocycles. The van der Waals surface area contributed by atoms with Crippen molar-refractivity contribution in [3.05, 3.63) is 65.7 Å². The van der Waals surface area contributed by atoms with Gasteiger partial charge in [-0.2, -0.15) is 5.26 Å². The van der Waals surface area contributed by atoms with Crippen molar-refractivity contribution in [2.75, 3.05) is 0 Å². The number of benzene rings is 2. The summed E-state index contributed by atoms with van der Waals surface area (Å²) in [4.78, 5) is -0.0631. The van der Waals surface area contributed by atoms with Crippen molar-refractivity contribution in [1.29, 1.82) is 5.26 Å². The van der Waals surface area contributed by atoms with Gasteiger partial charge in [0.05, 0.1) is 16.5 Å². The van der Waals surface area contributed by atoms with E-state index in [-0.39, 0.29) is 10.5 Å². The highest BCUT2D eigenvalue weighted by molar-refractivity contribution is 7.91. The number of nitriles is 1. The Morgan fingerprint density at radius 3 is 2.11 bits per heavy atom. The van der Waals surface area contributed by atoms with Crippen LogP contribution in [0, 0.1) is 11.3 Å². The van der Waals surface area contributed by atoms with Gasteiger partial charge in [-0.15, -0.1) is 0 Å². The molecule has 0 radical (unpaired) electrons. The molecular formula is C14H10FNO2S. The highest BCUT2D eigenvalue weighted by atomic mass is 32.2. The minimum Gasteiger partial charge on any atom is -0.224 e. The van der Waals surface area contributed by atoms with Gasteiger partial charge in [-0.3, -0.25) is 0 Å². The molecule has 1 unspecified atom stereocenters. The molecule has 2 aromatic carbocycles. The molecule has 1 atom stereocenters. The van der Waals surface area contributed by atoms with Crippen LogP contribution in [0.5, 0.6) is 0 Å². The second-order valence-electron chi connectivity index (χ2n) is 3.91. The summed E-state index contributed by atoms with van der Waals surface area (Å²) in [6.07, 6.45) is 0. The van der Waals surface area contributed by atoms with E-state index in [0.29, 0.717) is 5.56 Å². The van der Waals surface area contributed by atoms with Crippen LogP contribution in [0.25, 0.3) is 0 Å². The number of sulfone groups is 1. The summed E-state index contributed by atoms with van der Waals surface area (Å²) in [6.45, 7) is 0. The molecule has 96 valence electrons. The zero-order valence-electron chi connectivity index (χ0n) is 9.82. The molecule has 0 aliphatic rings. The topological polar surface area (TPSA) is 57.9 Å². The molecule has 19 heavy (non-hydrogen) atoms. The summed E-state index contributed by atoms with van der Waals surface area (Å²) < 4.78 is 38.3. The quantitative estimate of drug-likeness (QED) is 0.865. The average molecular weight is 275 g/mol. The number of hydrogen-bond donors (Lipinski definition) is 0. The first-order valence-electron chi connectivity index (χ1n) is 5.49. The van der Waals surface area contributed by atoms with Crippen LogP contribution < -0.4 is 0 Å². The smallest absolute Gasteiger partial charge is 0.224 e. The van der Waals surface area contributed by atoms with E-state index >= 15 is 0 Å². The molecule has 0 saturated heterocycles. The van der Waals surface area contributed by atoms with Crippen LogP contribution in [0.2, 0.25) is 0 Å². The van der Waals surface area contributed by atoms with E-state index in [2.05, 4.69) is 0 Å². The molecule has 0 saturated carbocycles. The van der Waals surface area contributed by atoms with Crippen molar-refractivity contribution in [2.24, 2.45) is 0 Å². The van der Waals surface area contributed by atoms with Gasteiger partial charge in [-0.1, -0.05) is 30.3 Å². The Labute approximate surface area is 110 Å². The van der Waals surface area contributed by atoms with Crippen molar-refractivity contribution < 1.29 is 12.8 Å². The summed E-state index contributed by atoms with van der Waals surface area (Å²) in [5.74, 6) is 0. The zero-order chi connectivity index (χ0) is 13.9. The third-order valence-corrected chi connectivity index (χ3v) is 4.39. The Balaban J connectivity index is 2.38. The molecule has 0 N–H and O–H groups in total. The molecule has 2 aromatic rings. The van der Waals surface area contributed by atoms with Crippen molar-refractivity contribution in [1.82, 2.24) is 0 Å². The van der Waals surface area contributed by atoms with Crippen LogP contribution in [0.3, 0.4) is 0 Å². The molecular weight excluding hydrogens is 265 g/mol. The van der Waals surface area contributed by atoms with E-state index < -0.39 is 15.3 Å². The van der Waals surface area contributed by atoms with Crippen LogP contribution in [0.15, 0.2) is 59.5 Å². The summed E-state index contributed by atoms with van der Waals surface area (Å²) in [5, 5.41) is 8.64. The fraction of sp³-hybridized carbons (Fsp3) is 0.0714. The monoisotopic (exact) mass is 275 g/mol. The van der Waals surface area contributed by atoms with Crippen LogP contribution in [-0.2, 0) is 9.84 Å². The lowest BCUT2D eigenvalue weighted by molar-refractivity contribution is 0.431. The maximum absolute atomic E-state index is 14.2. The normalized spacial score (nSPS) is 12.6. The van der Waals surface area contributed by atoms with Crippen LogP contribution in [-0.4, -0.2) is 8.42 Å². The van der Waals surface area contributed by atoms with Crippen molar-refractivity contribution >= 4 is 9.84 Å². The fourth-order valence-corrected chi connectivity index (χ4v) is 2.91. The Morgan fingerprint density at radius 2 is 1.58 bits per heavy atom. The van der Waals surface area contributed by atoms with Gasteiger partial charge in [0.15, 0.2) is 0 Å². The summed E-state index contributed by atoms with van der Waals surface area (Å²) in [5.41, 5.74) is -1.77. The van der Waals surface area contributed by atoms with Gasteiger partial charge in [0, 0.05) is 5.56 Å². The Hall–Kier alpha value is -2.19. The van der Waals surface area contributed by atoms with Gasteiger partial charge in [0.1, 0.15) is 0 Å². The van der Waals surface area contributed by atoms with Gasteiger partial charge in [0.2, 0.25) is 15.3 Å². The van der Waals surface area contributed by atoms with Crippen LogP contribution in [0.1, 0.15) is 16.6 Å². The van der Waals surface area contributed by atoms with Crippen LogP contribution >= 0.6 is 0 Å². The van der Waals surface area contributed by atoms with Crippen LogP contribution in [0.4, 0.5) is 4.39 Å². The number of nitrogens with zero attached hydrogens (tertiary/aromatic N) is 1. The van der Waals surface area contributed by atoms with E-state index in [0.717, 1.165) is 0 Å². The predicted molar refractivity (Wildman–Crippen MR) is 68.6 cm³/mol. The standard InChI is InChI=1S/C14H10FNO2S/c15-14(12-8-6-11(10-16)7-9-12)19(17,18)13-4-2-1-3-5-13/h1-9,14H. The molecule has 0 aromatic heterocycles. The molecule has 0 bridgehead atoms. The summed E-state index contributed by atoms with van der Waals surface area (Å²) in [7, 11) is -4.06. The molecule has 0 amide bonds. The Bertz CT molecular complexity index is 703. The van der Waals surface area contributed by atoms with E-state index in [1.807, 2.05) is 6.07 Å². The number of alkyl halides is 1. The highest BCUT2D eigenvalue weighted by Gasteiger charge is 2.28. The van der Waals surface area contributed by atoms with Gasteiger partial charge >= 0.3 is 0 Å². The third kappa shape index (κ3) is 2.64. The fourth-order valence-electron chi connectivity index (χ4n) is 1.62. The number of hydrogen-bond acceptors (Lipinski definition) is 3. The lowest BCUT2D eigenvalue weighted by Crippen LogP contribution is -2.09. The lowest BCUT2D eigenvalue weighted by atomic mass is 10.2. The second kappa shape index (κ2) is 5.21. The van der Waals surface area contributed by atoms with E-state index in [4.69, 9.17) is 5.26 Å². The predicted octanol–water partition coefficient (Wildman–Crippen LogP) is 3.00. The van der Waals surface area contributed by atoms with E-state index in [1.165, 1.54) is 36.4 Å². The van der Waals surface area contributed by atoms with Crippen molar-refractivity contribution in [2.45, 2.75) is 10.4 Å². The second-order valence-corrected chi connectivity index (χ2v) is 5.88. The van der Waals surface area contributed by atoms with Gasteiger partial charge in [-0.25, -0.2) is 12.8 Å². The van der Waals surface area contributed by atoms with Crippen molar-refractivity contribution in [3.63, 3.8) is 0 Å². The van der Waals surface area contributed by atoms with Gasteiger partial charge in [-0.05, 0) is 24.3 Å². The van der Waals surface area contributed by atoms with E-state index in [1.54, 1.807) is 18.2 Å². The molecule has 0 fully saturated rings. The lowest BCUT2D eigenvalue weighted by Gasteiger charge is -2.10. The minimum atomic E-state index is -4.06. The van der Waals surface area contributed by atoms with Crippen molar-refractivity contribution in [3.8, 4) is 6.07 Å². The van der Waals surface area contributed by atoms with Gasteiger partial charge in [0.25, 0.3) is 0 Å². The largest absolute Gasteiger partial charge is 0.230 e. The summed E-state index contributed by atoms with van der Waals surface area (Å²) in [6, 6.07) is 14.7. The first kappa shape index (κ1) is 13.2. The first-order chi connectivity index (χ1) is 9.05. The molecule has 0 heterocycles.